The number of carbonyl (C=O) groups excluding carboxylic acids is 1. The molecule has 1 aromatic heterocycles. The van der Waals surface area contributed by atoms with E-state index in [9.17, 15) is 9.18 Å². The van der Waals surface area contributed by atoms with Crippen LogP contribution in [0.15, 0.2) is 54.6 Å². The van der Waals surface area contributed by atoms with Crippen LogP contribution in [-0.4, -0.2) is 33.3 Å². The number of para-hydroxylation sites is 1. The Bertz CT molecular complexity index is 1000. The Kier molecular flexibility index (Phi) is 7.28. The lowest BCUT2D eigenvalue weighted by Crippen LogP contribution is -2.43. The van der Waals surface area contributed by atoms with Crippen LogP contribution < -0.4 is 10.1 Å². The largest absolute Gasteiger partial charge is 0.439 e. The number of hydrogen-bond donors (Lipinski definition) is 1. The van der Waals surface area contributed by atoms with Gasteiger partial charge in [-0.05, 0) is 63.6 Å². The molecule has 1 heterocycles. The molecule has 0 radical (unpaired) electrons. The zero-order valence-electron chi connectivity index (χ0n) is 18.4. The van der Waals surface area contributed by atoms with Gasteiger partial charge in [-0.25, -0.2) is 13.9 Å². The number of ether oxygens (including phenoxy) is 1. The molecule has 2 aromatic carbocycles. The highest BCUT2D eigenvalue weighted by Gasteiger charge is 2.25. The molecule has 0 aliphatic heterocycles. The van der Waals surface area contributed by atoms with Crippen molar-refractivity contribution in [3.05, 3.63) is 71.7 Å². The third-order valence-corrected chi connectivity index (χ3v) is 4.92. The van der Waals surface area contributed by atoms with Crippen molar-refractivity contribution < 1.29 is 13.9 Å². The number of benzene rings is 2. The predicted molar refractivity (Wildman–Crippen MR) is 119 cm³/mol. The van der Waals surface area contributed by atoms with Gasteiger partial charge >= 0.3 is 6.03 Å². The van der Waals surface area contributed by atoms with Crippen LogP contribution in [0.1, 0.15) is 39.0 Å². The number of hydrogen-bond acceptors (Lipinski definition) is 3. The SMILES string of the molecule is CCNC(=O)N(Cc1c(CC)nn(-c2ccc(F)cc2)c1Oc1ccccc1)C(C)C. The van der Waals surface area contributed by atoms with Gasteiger partial charge in [-0.2, -0.15) is 5.10 Å². The van der Waals surface area contributed by atoms with E-state index in [4.69, 9.17) is 9.84 Å². The van der Waals surface area contributed by atoms with E-state index in [1.165, 1.54) is 12.1 Å². The van der Waals surface area contributed by atoms with E-state index >= 15 is 0 Å². The summed E-state index contributed by atoms with van der Waals surface area (Å²) in [5, 5.41) is 7.63. The first kappa shape index (κ1) is 22.3. The van der Waals surface area contributed by atoms with Crippen LogP contribution in [0.5, 0.6) is 11.6 Å². The summed E-state index contributed by atoms with van der Waals surface area (Å²) in [6, 6.07) is 15.4. The summed E-state index contributed by atoms with van der Waals surface area (Å²) in [5.74, 6) is 0.855. The first-order valence-corrected chi connectivity index (χ1v) is 10.6. The summed E-state index contributed by atoms with van der Waals surface area (Å²) in [4.78, 5) is 14.4. The highest BCUT2D eigenvalue weighted by molar-refractivity contribution is 5.74. The number of aryl methyl sites for hydroxylation is 1. The monoisotopic (exact) mass is 424 g/mol. The zero-order valence-corrected chi connectivity index (χ0v) is 18.4. The molecule has 0 aliphatic carbocycles. The molecule has 0 spiro atoms. The third kappa shape index (κ3) is 5.23. The molecule has 2 amide bonds. The average molecular weight is 425 g/mol. The Balaban J connectivity index is 2.11. The Morgan fingerprint density at radius 2 is 1.81 bits per heavy atom. The molecule has 0 unspecified atom stereocenters. The molecule has 0 atom stereocenters. The lowest BCUT2D eigenvalue weighted by molar-refractivity contribution is 0.179. The maximum atomic E-state index is 13.5. The van der Waals surface area contributed by atoms with Gasteiger partial charge in [-0.1, -0.05) is 25.1 Å². The van der Waals surface area contributed by atoms with E-state index in [2.05, 4.69) is 5.32 Å². The predicted octanol–water partition coefficient (Wildman–Crippen LogP) is 5.31. The number of nitrogens with zero attached hydrogens (tertiary/aromatic N) is 3. The van der Waals surface area contributed by atoms with E-state index < -0.39 is 0 Å². The van der Waals surface area contributed by atoms with E-state index in [0.717, 1.165) is 11.3 Å². The molecule has 31 heavy (non-hydrogen) atoms. The van der Waals surface area contributed by atoms with Gasteiger partial charge < -0.3 is 15.0 Å². The van der Waals surface area contributed by atoms with Crippen molar-refractivity contribution in [2.24, 2.45) is 0 Å². The van der Waals surface area contributed by atoms with Crippen molar-refractivity contribution in [2.75, 3.05) is 6.54 Å². The van der Waals surface area contributed by atoms with Gasteiger partial charge in [0, 0.05) is 12.6 Å². The minimum atomic E-state index is -0.320. The lowest BCUT2D eigenvalue weighted by atomic mass is 10.1. The summed E-state index contributed by atoms with van der Waals surface area (Å²) in [6.45, 7) is 8.75. The maximum absolute atomic E-state index is 13.5. The molecule has 6 nitrogen and oxygen atoms in total. The molecule has 0 fully saturated rings. The van der Waals surface area contributed by atoms with E-state index in [1.54, 1.807) is 21.7 Å². The molecular formula is C24H29FN4O2. The van der Waals surface area contributed by atoms with Crippen LogP contribution in [0.2, 0.25) is 0 Å². The van der Waals surface area contributed by atoms with Gasteiger partial charge in [-0.15, -0.1) is 0 Å². The van der Waals surface area contributed by atoms with Crippen molar-refractivity contribution >= 4 is 6.03 Å². The summed E-state index contributed by atoms with van der Waals surface area (Å²) >= 11 is 0. The number of rotatable bonds is 8. The van der Waals surface area contributed by atoms with Crippen LogP contribution >= 0.6 is 0 Å². The molecule has 3 aromatic rings. The second-order valence-corrected chi connectivity index (χ2v) is 7.44. The molecule has 0 aliphatic rings. The summed E-state index contributed by atoms with van der Waals surface area (Å²) < 4.78 is 21.5. The Hall–Kier alpha value is -3.35. The standard InChI is InChI=1S/C24H29FN4O2/c1-5-22-21(16-28(17(3)4)24(30)26-6-2)23(31-20-10-8-7-9-11-20)29(27-22)19-14-12-18(25)13-15-19/h7-15,17H,5-6,16H2,1-4H3,(H,26,30). The molecule has 0 saturated carbocycles. The van der Waals surface area contributed by atoms with Gasteiger partial charge in [0.2, 0.25) is 5.88 Å². The van der Waals surface area contributed by atoms with E-state index in [-0.39, 0.29) is 17.9 Å². The maximum Gasteiger partial charge on any atom is 0.317 e. The number of carbonyl (C=O) groups is 1. The summed E-state index contributed by atoms with van der Waals surface area (Å²) in [7, 11) is 0. The second kappa shape index (κ2) is 10.1. The smallest absolute Gasteiger partial charge is 0.317 e. The first-order valence-electron chi connectivity index (χ1n) is 10.6. The number of nitrogens with one attached hydrogen (secondary N) is 1. The average Bonchev–Trinajstić information content (AvgIpc) is 3.10. The molecule has 164 valence electrons. The van der Waals surface area contributed by atoms with Gasteiger partial charge in [0.25, 0.3) is 0 Å². The molecule has 3 rings (SSSR count). The van der Waals surface area contributed by atoms with Gasteiger partial charge in [0.15, 0.2) is 0 Å². The van der Waals surface area contributed by atoms with E-state index in [0.29, 0.717) is 36.8 Å². The zero-order chi connectivity index (χ0) is 22.4. The van der Waals surface area contributed by atoms with Crippen molar-refractivity contribution in [2.45, 2.75) is 46.7 Å². The first-order chi connectivity index (χ1) is 14.9. The Morgan fingerprint density at radius 3 is 2.39 bits per heavy atom. The molecule has 0 saturated heterocycles. The minimum absolute atomic E-state index is 0.0185. The fourth-order valence-corrected chi connectivity index (χ4v) is 3.30. The van der Waals surface area contributed by atoms with Crippen molar-refractivity contribution in [3.8, 4) is 17.3 Å². The topological polar surface area (TPSA) is 59.4 Å². The fraction of sp³-hybridized carbons (Fsp3) is 0.333. The van der Waals surface area contributed by atoms with Gasteiger partial charge in [0.1, 0.15) is 11.6 Å². The van der Waals surface area contributed by atoms with Crippen LogP contribution in [0.3, 0.4) is 0 Å². The number of halogens is 1. The lowest BCUT2D eigenvalue weighted by Gasteiger charge is -2.27. The molecule has 0 bridgehead atoms. The summed E-state index contributed by atoms with van der Waals surface area (Å²) in [5.41, 5.74) is 2.34. The number of aromatic nitrogens is 2. The third-order valence-electron chi connectivity index (χ3n) is 4.92. The normalized spacial score (nSPS) is 10.9. The van der Waals surface area contributed by atoms with Crippen molar-refractivity contribution in [3.63, 3.8) is 0 Å². The Labute approximate surface area is 182 Å². The van der Waals surface area contributed by atoms with E-state index in [1.807, 2.05) is 58.0 Å². The van der Waals surface area contributed by atoms with Crippen molar-refractivity contribution in [1.29, 1.82) is 0 Å². The molecule has 1 N–H and O–H groups in total. The fourth-order valence-electron chi connectivity index (χ4n) is 3.30. The number of urea groups is 1. The number of amides is 2. The molecule has 7 heteroatoms. The van der Waals surface area contributed by atoms with Crippen LogP contribution in [0.4, 0.5) is 9.18 Å². The highest BCUT2D eigenvalue weighted by atomic mass is 19.1. The summed E-state index contributed by atoms with van der Waals surface area (Å²) in [6.07, 6.45) is 0.663. The van der Waals surface area contributed by atoms with Crippen LogP contribution in [0, 0.1) is 5.82 Å². The highest BCUT2D eigenvalue weighted by Crippen LogP contribution is 2.32. The van der Waals surface area contributed by atoms with Crippen molar-refractivity contribution in [1.82, 2.24) is 20.0 Å². The quantitative estimate of drug-likeness (QED) is 0.533. The van der Waals surface area contributed by atoms with Gasteiger partial charge in [0.05, 0.1) is 23.5 Å². The Morgan fingerprint density at radius 1 is 1.13 bits per heavy atom. The molecular weight excluding hydrogens is 395 g/mol. The van der Waals surface area contributed by atoms with Crippen LogP contribution in [-0.2, 0) is 13.0 Å². The minimum Gasteiger partial charge on any atom is -0.439 e. The van der Waals surface area contributed by atoms with Gasteiger partial charge in [-0.3, -0.25) is 0 Å². The second-order valence-electron chi connectivity index (χ2n) is 7.44. The van der Waals surface area contributed by atoms with Crippen LogP contribution in [0.25, 0.3) is 5.69 Å².